The Morgan fingerprint density at radius 3 is 2.82 bits per heavy atom. The molecule has 2 heterocycles. The van der Waals surface area contributed by atoms with Gasteiger partial charge in [-0.15, -0.1) is 0 Å². The minimum absolute atomic E-state index is 0.417. The van der Waals surface area contributed by atoms with E-state index in [9.17, 15) is 0 Å². The van der Waals surface area contributed by atoms with Crippen LogP contribution in [-0.2, 0) is 5.54 Å². The quantitative estimate of drug-likeness (QED) is 0.821. The summed E-state index contributed by atoms with van der Waals surface area (Å²) >= 11 is 0. The Morgan fingerprint density at radius 2 is 2.12 bits per heavy atom. The minimum Gasteiger partial charge on any atom is -0.332 e. The number of aromatic amines is 1. The highest BCUT2D eigenvalue weighted by Crippen LogP contribution is 2.33. The second-order valence-corrected chi connectivity index (χ2v) is 4.61. The molecule has 6 nitrogen and oxygen atoms in total. The molecule has 2 aromatic rings. The molecular weight excluding hydrogens is 218 g/mol. The molecule has 0 bridgehead atoms. The van der Waals surface area contributed by atoms with Gasteiger partial charge in [0.2, 0.25) is 0 Å². The number of rotatable bonds is 2. The van der Waals surface area contributed by atoms with Gasteiger partial charge < -0.3 is 10.3 Å². The summed E-state index contributed by atoms with van der Waals surface area (Å²) in [7, 11) is 0. The lowest BCUT2D eigenvalue weighted by atomic mass is 9.82. The summed E-state index contributed by atoms with van der Waals surface area (Å²) in [5.41, 5.74) is 6.64. The van der Waals surface area contributed by atoms with Gasteiger partial charge in [0, 0.05) is 6.20 Å². The minimum atomic E-state index is -0.417. The van der Waals surface area contributed by atoms with Gasteiger partial charge in [-0.25, -0.2) is 0 Å². The monoisotopic (exact) mass is 233 g/mol. The lowest BCUT2D eigenvalue weighted by molar-refractivity contribution is 0.275. The first kappa shape index (κ1) is 10.5. The lowest BCUT2D eigenvalue weighted by Gasteiger charge is -2.29. The summed E-state index contributed by atoms with van der Waals surface area (Å²) in [5, 5.41) is 10.7. The normalized spacial score (nSPS) is 19.4. The predicted molar refractivity (Wildman–Crippen MR) is 60.8 cm³/mol. The van der Waals surface area contributed by atoms with E-state index in [1.165, 1.54) is 6.42 Å². The molecule has 1 aliphatic carbocycles. The molecular formula is C11H15N5O. The van der Waals surface area contributed by atoms with E-state index in [1.54, 1.807) is 12.3 Å². The maximum Gasteiger partial charge on any atom is 0.275 e. The molecule has 0 amide bonds. The van der Waals surface area contributed by atoms with Crippen LogP contribution in [0.5, 0.6) is 0 Å². The first-order valence-electron chi connectivity index (χ1n) is 5.91. The van der Waals surface area contributed by atoms with Gasteiger partial charge in [0.05, 0.1) is 5.54 Å². The molecule has 0 saturated heterocycles. The third-order valence-corrected chi connectivity index (χ3v) is 3.35. The molecule has 3 rings (SSSR count). The highest BCUT2D eigenvalue weighted by Gasteiger charge is 2.34. The van der Waals surface area contributed by atoms with Crippen LogP contribution in [0.3, 0.4) is 0 Å². The Bertz CT molecular complexity index is 484. The number of hydrogen-bond donors (Lipinski definition) is 2. The standard InChI is InChI=1S/C11H15N5O/c12-11(5-2-1-3-6-11)10-14-9(17-16-10)8-4-7-13-15-8/h4,7H,1-3,5-6,12H2,(H,13,15). The fraction of sp³-hybridized carbons (Fsp3) is 0.545. The molecule has 1 saturated carbocycles. The second-order valence-electron chi connectivity index (χ2n) is 4.61. The van der Waals surface area contributed by atoms with Crippen LogP contribution in [0.15, 0.2) is 16.8 Å². The number of H-pyrrole nitrogens is 1. The fourth-order valence-corrected chi connectivity index (χ4v) is 2.32. The zero-order valence-electron chi connectivity index (χ0n) is 9.52. The molecule has 90 valence electrons. The van der Waals surface area contributed by atoms with Crippen LogP contribution in [-0.4, -0.2) is 20.3 Å². The third kappa shape index (κ3) is 1.84. The lowest BCUT2D eigenvalue weighted by Crippen LogP contribution is -2.39. The molecule has 3 N–H and O–H groups in total. The van der Waals surface area contributed by atoms with Crippen molar-refractivity contribution in [2.24, 2.45) is 5.73 Å². The Balaban J connectivity index is 1.89. The Labute approximate surface area is 98.6 Å². The van der Waals surface area contributed by atoms with E-state index >= 15 is 0 Å². The molecule has 6 heteroatoms. The number of nitrogens with one attached hydrogen (secondary N) is 1. The number of aromatic nitrogens is 4. The largest absolute Gasteiger partial charge is 0.332 e. The van der Waals surface area contributed by atoms with Crippen molar-refractivity contribution in [1.82, 2.24) is 20.3 Å². The van der Waals surface area contributed by atoms with Gasteiger partial charge >= 0.3 is 0 Å². The van der Waals surface area contributed by atoms with Crippen LogP contribution in [0, 0.1) is 0 Å². The first-order valence-corrected chi connectivity index (χ1v) is 5.91. The van der Waals surface area contributed by atoms with Crippen molar-refractivity contribution in [2.45, 2.75) is 37.6 Å². The maximum absolute atomic E-state index is 6.34. The van der Waals surface area contributed by atoms with E-state index in [4.69, 9.17) is 10.3 Å². The van der Waals surface area contributed by atoms with Crippen LogP contribution < -0.4 is 5.73 Å². The van der Waals surface area contributed by atoms with Gasteiger partial charge in [-0.1, -0.05) is 24.4 Å². The van der Waals surface area contributed by atoms with Gasteiger partial charge in [-0.05, 0) is 18.9 Å². The van der Waals surface area contributed by atoms with Crippen molar-refractivity contribution >= 4 is 0 Å². The summed E-state index contributed by atoms with van der Waals surface area (Å²) in [4.78, 5) is 4.37. The van der Waals surface area contributed by atoms with Gasteiger partial charge in [0.15, 0.2) is 5.82 Å². The van der Waals surface area contributed by atoms with Crippen molar-refractivity contribution in [1.29, 1.82) is 0 Å². The third-order valence-electron chi connectivity index (χ3n) is 3.35. The van der Waals surface area contributed by atoms with E-state index in [1.807, 2.05) is 0 Å². The number of hydrogen-bond acceptors (Lipinski definition) is 5. The summed E-state index contributed by atoms with van der Waals surface area (Å²) < 4.78 is 5.22. The van der Waals surface area contributed by atoms with Gasteiger partial charge in [0.1, 0.15) is 5.69 Å². The Hall–Kier alpha value is -1.69. The van der Waals surface area contributed by atoms with E-state index in [2.05, 4.69) is 20.3 Å². The summed E-state index contributed by atoms with van der Waals surface area (Å²) in [5.74, 6) is 1.06. The van der Waals surface area contributed by atoms with Gasteiger partial charge in [-0.2, -0.15) is 10.1 Å². The number of nitrogens with zero attached hydrogens (tertiary/aromatic N) is 3. The molecule has 2 aromatic heterocycles. The van der Waals surface area contributed by atoms with E-state index in [0.717, 1.165) is 31.4 Å². The average molecular weight is 233 g/mol. The molecule has 17 heavy (non-hydrogen) atoms. The van der Waals surface area contributed by atoms with E-state index in [-0.39, 0.29) is 0 Å². The van der Waals surface area contributed by atoms with Crippen molar-refractivity contribution in [2.75, 3.05) is 0 Å². The van der Waals surface area contributed by atoms with Crippen LogP contribution in [0.4, 0.5) is 0 Å². The van der Waals surface area contributed by atoms with Gasteiger partial charge in [0.25, 0.3) is 5.89 Å². The Kier molecular flexibility index (Phi) is 2.44. The molecule has 1 fully saturated rings. The van der Waals surface area contributed by atoms with Crippen LogP contribution in [0.1, 0.15) is 37.9 Å². The fourth-order valence-electron chi connectivity index (χ4n) is 2.32. The van der Waals surface area contributed by atoms with E-state index in [0.29, 0.717) is 11.7 Å². The zero-order valence-corrected chi connectivity index (χ0v) is 9.52. The van der Waals surface area contributed by atoms with Gasteiger partial charge in [-0.3, -0.25) is 5.10 Å². The first-order chi connectivity index (χ1) is 8.28. The van der Waals surface area contributed by atoms with Crippen LogP contribution >= 0.6 is 0 Å². The summed E-state index contributed by atoms with van der Waals surface area (Å²) in [6, 6.07) is 1.79. The van der Waals surface area contributed by atoms with Crippen LogP contribution in [0.2, 0.25) is 0 Å². The second kappa shape index (κ2) is 3.96. The van der Waals surface area contributed by atoms with Crippen molar-refractivity contribution < 1.29 is 4.52 Å². The molecule has 0 atom stereocenters. The summed E-state index contributed by atoms with van der Waals surface area (Å²) in [6.07, 6.45) is 7.00. The SMILES string of the molecule is NC1(c2noc(-c3ccn[nH]3)n2)CCCCC1. The summed E-state index contributed by atoms with van der Waals surface area (Å²) in [6.45, 7) is 0. The Morgan fingerprint density at radius 1 is 1.29 bits per heavy atom. The molecule has 0 radical (unpaired) electrons. The van der Waals surface area contributed by atoms with Crippen molar-refractivity contribution in [3.63, 3.8) is 0 Å². The molecule has 0 unspecified atom stereocenters. The van der Waals surface area contributed by atoms with Crippen molar-refractivity contribution in [3.05, 3.63) is 18.1 Å². The average Bonchev–Trinajstić information content (AvgIpc) is 3.01. The van der Waals surface area contributed by atoms with E-state index < -0.39 is 5.54 Å². The predicted octanol–water partition coefficient (Wildman–Crippen LogP) is 1.58. The van der Waals surface area contributed by atoms with Crippen LogP contribution in [0.25, 0.3) is 11.6 Å². The molecule has 0 aromatic carbocycles. The zero-order chi connectivity index (χ0) is 11.7. The topological polar surface area (TPSA) is 93.6 Å². The van der Waals surface area contributed by atoms with Crippen molar-refractivity contribution in [3.8, 4) is 11.6 Å². The highest BCUT2D eigenvalue weighted by atomic mass is 16.5. The maximum atomic E-state index is 6.34. The smallest absolute Gasteiger partial charge is 0.275 e. The molecule has 0 aliphatic heterocycles. The molecule has 0 spiro atoms. The highest BCUT2D eigenvalue weighted by molar-refractivity contribution is 5.44. The molecule has 1 aliphatic rings. The number of nitrogens with two attached hydrogens (primary N) is 1.